The van der Waals surface area contributed by atoms with Gasteiger partial charge in [0, 0.05) is 11.0 Å². The molecule has 0 heterocycles. The van der Waals surface area contributed by atoms with E-state index in [0.717, 1.165) is 10.0 Å². The number of carbonyl (C=O) groups is 2. The topological polar surface area (TPSA) is 78.4 Å². The predicted octanol–water partition coefficient (Wildman–Crippen LogP) is 2.74. The van der Waals surface area contributed by atoms with Gasteiger partial charge in [-0.05, 0) is 53.4 Å². The van der Waals surface area contributed by atoms with E-state index in [9.17, 15) is 9.59 Å². The van der Waals surface area contributed by atoms with Crippen LogP contribution in [0.1, 0.15) is 18.4 Å². The number of carbonyl (C=O) groups excluding carboxylic acids is 1. The van der Waals surface area contributed by atoms with Gasteiger partial charge in [-0.1, -0.05) is 6.07 Å². The molecule has 0 aromatic heterocycles. The van der Waals surface area contributed by atoms with Gasteiger partial charge in [0.05, 0.1) is 11.1 Å². The summed E-state index contributed by atoms with van der Waals surface area (Å²) in [5.41, 5.74) is 0.946. The molecule has 3 N–H and O–H groups in total. The molecule has 1 fully saturated rings. The zero-order valence-corrected chi connectivity index (χ0v) is 12.1. The number of carboxylic acid groups (broad SMARTS) is 1. The summed E-state index contributed by atoms with van der Waals surface area (Å²) in [5, 5.41) is 14.3. The molecule has 2 amide bonds. The quantitative estimate of drug-likeness (QED) is 0.796. The third-order valence-electron chi connectivity index (χ3n) is 3.26. The zero-order valence-electron chi connectivity index (χ0n) is 10.5. The van der Waals surface area contributed by atoms with Crippen LogP contribution >= 0.6 is 15.9 Å². The van der Waals surface area contributed by atoms with Gasteiger partial charge in [-0.3, -0.25) is 4.79 Å². The van der Waals surface area contributed by atoms with Crippen molar-refractivity contribution < 1.29 is 14.7 Å². The third-order valence-corrected chi connectivity index (χ3v) is 3.96. The van der Waals surface area contributed by atoms with Gasteiger partial charge in [0.1, 0.15) is 0 Å². The summed E-state index contributed by atoms with van der Waals surface area (Å²) in [6, 6.07) is 5.23. The van der Waals surface area contributed by atoms with Crippen LogP contribution in [-0.2, 0) is 4.79 Å². The first-order chi connectivity index (χ1) is 8.93. The lowest BCUT2D eigenvalue weighted by Gasteiger charge is -2.13. The first-order valence-corrected chi connectivity index (χ1v) is 6.77. The van der Waals surface area contributed by atoms with Crippen LogP contribution in [0.5, 0.6) is 0 Å². The van der Waals surface area contributed by atoms with E-state index in [1.807, 2.05) is 25.1 Å². The van der Waals surface area contributed by atoms with Gasteiger partial charge < -0.3 is 15.7 Å². The van der Waals surface area contributed by atoms with Crippen LogP contribution in [0.25, 0.3) is 0 Å². The van der Waals surface area contributed by atoms with Crippen molar-refractivity contribution in [2.75, 3.05) is 11.9 Å². The number of aliphatic carboxylic acids is 1. The zero-order chi connectivity index (χ0) is 14.0. The first kappa shape index (κ1) is 13.9. The van der Waals surface area contributed by atoms with E-state index in [1.165, 1.54) is 0 Å². The number of halogens is 1. The normalized spacial score (nSPS) is 15.7. The van der Waals surface area contributed by atoms with Crippen LogP contribution in [-0.4, -0.2) is 23.7 Å². The summed E-state index contributed by atoms with van der Waals surface area (Å²) >= 11 is 3.35. The van der Waals surface area contributed by atoms with Crippen molar-refractivity contribution in [1.29, 1.82) is 0 Å². The highest BCUT2D eigenvalue weighted by atomic mass is 79.9. The molecule has 1 aliphatic carbocycles. The number of amides is 2. The number of nitrogens with one attached hydrogen (secondary N) is 2. The maximum atomic E-state index is 11.7. The summed E-state index contributed by atoms with van der Waals surface area (Å²) in [5.74, 6) is -0.843. The van der Waals surface area contributed by atoms with Crippen LogP contribution in [0.15, 0.2) is 22.7 Å². The van der Waals surface area contributed by atoms with E-state index in [2.05, 4.69) is 26.6 Å². The molecule has 0 atom stereocenters. The number of aryl methyl sites for hydroxylation is 1. The summed E-state index contributed by atoms with van der Waals surface area (Å²) in [7, 11) is 0. The molecule has 2 rings (SSSR count). The molecule has 102 valence electrons. The van der Waals surface area contributed by atoms with Crippen LogP contribution in [0, 0.1) is 12.3 Å². The highest BCUT2D eigenvalue weighted by Crippen LogP contribution is 2.45. The van der Waals surface area contributed by atoms with E-state index in [4.69, 9.17) is 5.11 Å². The van der Waals surface area contributed by atoms with Gasteiger partial charge >= 0.3 is 12.0 Å². The molecule has 6 heteroatoms. The standard InChI is InChI=1S/C13H15BrN2O3/c1-8-2-3-9(14)10(6-8)16-12(19)15-7-13(4-5-13)11(17)18/h2-3,6H,4-5,7H2,1H3,(H,17,18)(H2,15,16,19). The second-order valence-corrected chi connectivity index (χ2v) is 5.73. The van der Waals surface area contributed by atoms with Gasteiger partial charge in [0.25, 0.3) is 0 Å². The van der Waals surface area contributed by atoms with Gasteiger partial charge in [-0.25, -0.2) is 4.79 Å². The molecular weight excluding hydrogens is 312 g/mol. The lowest BCUT2D eigenvalue weighted by Crippen LogP contribution is -2.36. The fraction of sp³-hybridized carbons (Fsp3) is 0.385. The van der Waals surface area contributed by atoms with Crippen molar-refractivity contribution in [3.05, 3.63) is 28.2 Å². The smallest absolute Gasteiger partial charge is 0.319 e. The fourth-order valence-corrected chi connectivity index (χ4v) is 2.11. The number of rotatable bonds is 4. The largest absolute Gasteiger partial charge is 0.481 e. The molecule has 5 nitrogen and oxygen atoms in total. The molecule has 0 bridgehead atoms. The fourth-order valence-electron chi connectivity index (χ4n) is 1.77. The third kappa shape index (κ3) is 3.26. The Labute approximate surface area is 119 Å². The Morgan fingerprint density at radius 2 is 2.11 bits per heavy atom. The molecule has 0 radical (unpaired) electrons. The predicted molar refractivity (Wildman–Crippen MR) is 75.2 cm³/mol. The Hall–Kier alpha value is -1.56. The first-order valence-electron chi connectivity index (χ1n) is 5.97. The lowest BCUT2D eigenvalue weighted by molar-refractivity contribution is -0.143. The Balaban J connectivity index is 1.91. The molecule has 1 aromatic rings. The van der Waals surface area contributed by atoms with Crippen LogP contribution in [0.3, 0.4) is 0 Å². The molecule has 1 aliphatic rings. The van der Waals surface area contributed by atoms with Gasteiger partial charge in [-0.2, -0.15) is 0 Å². The Morgan fingerprint density at radius 3 is 2.68 bits per heavy atom. The molecule has 19 heavy (non-hydrogen) atoms. The highest BCUT2D eigenvalue weighted by molar-refractivity contribution is 9.10. The number of benzene rings is 1. The van der Waals surface area contributed by atoms with Crippen LogP contribution < -0.4 is 10.6 Å². The van der Waals surface area contributed by atoms with Crippen molar-refractivity contribution in [1.82, 2.24) is 5.32 Å². The van der Waals surface area contributed by atoms with E-state index in [1.54, 1.807) is 0 Å². The van der Waals surface area contributed by atoms with Gasteiger partial charge in [0.2, 0.25) is 0 Å². The molecular formula is C13H15BrN2O3. The molecule has 0 unspecified atom stereocenters. The van der Waals surface area contributed by atoms with E-state index >= 15 is 0 Å². The van der Waals surface area contributed by atoms with E-state index < -0.39 is 11.4 Å². The second-order valence-electron chi connectivity index (χ2n) is 4.88. The average molecular weight is 327 g/mol. The molecule has 0 saturated heterocycles. The summed E-state index contributed by atoms with van der Waals surface area (Å²) < 4.78 is 0.785. The molecule has 0 aliphatic heterocycles. The summed E-state index contributed by atoms with van der Waals surface area (Å²) in [4.78, 5) is 22.7. The molecule has 0 spiro atoms. The minimum atomic E-state index is -0.843. The van der Waals surface area contributed by atoms with Crippen molar-refractivity contribution in [2.24, 2.45) is 5.41 Å². The Bertz CT molecular complexity index is 527. The number of hydrogen-bond donors (Lipinski definition) is 3. The van der Waals surface area contributed by atoms with Crippen molar-refractivity contribution in [3.8, 4) is 0 Å². The van der Waals surface area contributed by atoms with Crippen LogP contribution in [0.4, 0.5) is 10.5 Å². The number of urea groups is 1. The van der Waals surface area contributed by atoms with E-state index in [0.29, 0.717) is 18.5 Å². The number of hydrogen-bond acceptors (Lipinski definition) is 2. The van der Waals surface area contributed by atoms with Crippen molar-refractivity contribution in [2.45, 2.75) is 19.8 Å². The maximum absolute atomic E-state index is 11.7. The van der Waals surface area contributed by atoms with Gasteiger partial charge in [0.15, 0.2) is 0 Å². The summed E-state index contributed by atoms with van der Waals surface area (Å²) in [6.07, 6.45) is 1.24. The van der Waals surface area contributed by atoms with E-state index in [-0.39, 0.29) is 12.6 Å². The monoisotopic (exact) mass is 326 g/mol. The molecule has 1 saturated carbocycles. The highest BCUT2D eigenvalue weighted by Gasteiger charge is 2.50. The summed E-state index contributed by atoms with van der Waals surface area (Å²) in [6.45, 7) is 2.09. The SMILES string of the molecule is Cc1ccc(Br)c(NC(=O)NCC2(C(=O)O)CC2)c1. The molecule has 1 aromatic carbocycles. The number of anilines is 1. The number of carboxylic acids is 1. The maximum Gasteiger partial charge on any atom is 0.319 e. The minimum absolute atomic E-state index is 0.164. The lowest BCUT2D eigenvalue weighted by atomic mass is 10.1. The van der Waals surface area contributed by atoms with Crippen LogP contribution in [0.2, 0.25) is 0 Å². The van der Waals surface area contributed by atoms with Gasteiger partial charge in [-0.15, -0.1) is 0 Å². The van der Waals surface area contributed by atoms with Crippen molar-refractivity contribution in [3.63, 3.8) is 0 Å². The van der Waals surface area contributed by atoms with Crippen molar-refractivity contribution >= 4 is 33.6 Å². The Kier molecular flexibility index (Phi) is 3.80. The average Bonchev–Trinajstić information content (AvgIpc) is 3.12. The second kappa shape index (κ2) is 5.21. The Morgan fingerprint density at radius 1 is 1.42 bits per heavy atom. The minimum Gasteiger partial charge on any atom is -0.481 e.